The van der Waals surface area contributed by atoms with Crippen molar-refractivity contribution in [2.24, 2.45) is 5.92 Å². The van der Waals surface area contributed by atoms with Gasteiger partial charge in [-0.3, -0.25) is 0 Å². The van der Waals surface area contributed by atoms with Crippen molar-refractivity contribution in [2.75, 3.05) is 0 Å². The third kappa shape index (κ3) is 1.50. The standard InChI is InChI=1S/C10H14N2O/c1-4-6(2)9-11-10(13-12-9)8-5-7(8)3/h4,6-8H,1,5H2,2-3H3/t6?,7-,8-/m1/s1. The fraction of sp³-hybridized carbons (Fsp3) is 0.600. The monoisotopic (exact) mass is 178 g/mol. The van der Waals surface area contributed by atoms with Crippen LogP contribution < -0.4 is 0 Å². The lowest BCUT2D eigenvalue weighted by atomic mass is 10.2. The van der Waals surface area contributed by atoms with Crippen LogP contribution in [-0.4, -0.2) is 10.1 Å². The highest BCUT2D eigenvalue weighted by Crippen LogP contribution is 2.46. The minimum Gasteiger partial charge on any atom is -0.339 e. The summed E-state index contributed by atoms with van der Waals surface area (Å²) in [6.07, 6.45) is 3.01. The lowest BCUT2D eigenvalue weighted by Gasteiger charge is -1.94. The molecule has 1 aliphatic carbocycles. The van der Waals surface area contributed by atoms with E-state index in [1.54, 1.807) is 0 Å². The third-order valence-corrected chi connectivity index (χ3v) is 2.64. The quantitative estimate of drug-likeness (QED) is 0.667. The first kappa shape index (κ1) is 8.48. The summed E-state index contributed by atoms with van der Waals surface area (Å²) < 4.78 is 5.17. The van der Waals surface area contributed by atoms with Crippen LogP contribution >= 0.6 is 0 Å². The lowest BCUT2D eigenvalue weighted by molar-refractivity contribution is 0.370. The molecule has 0 spiro atoms. The zero-order valence-corrected chi connectivity index (χ0v) is 8.03. The molecule has 13 heavy (non-hydrogen) atoms. The Bertz CT molecular complexity index is 318. The number of nitrogens with zero attached hydrogens (tertiary/aromatic N) is 2. The van der Waals surface area contributed by atoms with Gasteiger partial charge >= 0.3 is 0 Å². The van der Waals surface area contributed by atoms with Crippen molar-refractivity contribution < 1.29 is 4.52 Å². The molecular weight excluding hydrogens is 164 g/mol. The Labute approximate surface area is 77.8 Å². The molecule has 70 valence electrons. The molecule has 0 amide bonds. The van der Waals surface area contributed by atoms with Gasteiger partial charge in [0.25, 0.3) is 0 Å². The van der Waals surface area contributed by atoms with Gasteiger partial charge < -0.3 is 4.52 Å². The van der Waals surface area contributed by atoms with Gasteiger partial charge in [-0.2, -0.15) is 4.98 Å². The van der Waals surface area contributed by atoms with Gasteiger partial charge in [-0.15, -0.1) is 6.58 Å². The summed E-state index contributed by atoms with van der Waals surface area (Å²) in [5, 5.41) is 3.93. The number of aromatic nitrogens is 2. The molecule has 1 saturated carbocycles. The van der Waals surface area contributed by atoms with E-state index in [4.69, 9.17) is 4.52 Å². The SMILES string of the molecule is C=CC(C)c1noc([C@@H]2C[C@H]2C)n1. The van der Waals surface area contributed by atoms with E-state index in [2.05, 4.69) is 23.6 Å². The first-order chi connectivity index (χ1) is 6.22. The molecule has 0 N–H and O–H groups in total. The summed E-state index contributed by atoms with van der Waals surface area (Å²) in [5.41, 5.74) is 0. The van der Waals surface area contributed by atoms with Crippen molar-refractivity contribution >= 4 is 0 Å². The molecule has 3 heteroatoms. The van der Waals surface area contributed by atoms with Gasteiger partial charge in [0.05, 0.1) is 0 Å². The van der Waals surface area contributed by atoms with Gasteiger partial charge in [0.2, 0.25) is 5.89 Å². The molecule has 3 atom stereocenters. The average molecular weight is 178 g/mol. The molecule has 0 aromatic carbocycles. The summed E-state index contributed by atoms with van der Waals surface area (Å²) in [6, 6.07) is 0. The van der Waals surface area contributed by atoms with Crippen LogP contribution in [0.3, 0.4) is 0 Å². The fourth-order valence-corrected chi connectivity index (χ4v) is 1.35. The van der Waals surface area contributed by atoms with Crippen molar-refractivity contribution in [2.45, 2.75) is 32.1 Å². The minimum absolute atomic E-state index is 0.187. The van der Waals surface area contributed by atoms with Gasteiger partial charge in [0.15, 0.2) is 5.82 Å². The molecule has 1 aromatic heterocycles. The van der Waals surface area contributed by atoms with Gasteiger partial charge in [0.1, 0.15) is 0 Å². The molecule has 1 fully saturated rings. The number of allylic oxidation sites excluding steroid dienone is 1. The van der Waals surface area contributed by atoms with Crippen molar-refractivity contribution in [3.8, 4) is 0 Å². The highest BCUT2D eigenvalue weighted by molar-refractivity contribution is 5.09. The Balaban J connectivity index is 2.14. The van der Waals surface area contributed by atoms with Gasteiger partial charge in [-0.05, 0) is 12.3 Å². The van der Waals surface area contributed by atoms with Crippen LogP contribution in [0, 0.1) is 5.92 Å². The van der Waals surface area contributed by atoms with Gasteiger partial charge in [-0.25, -0.2) is 0 Å². The van der Waals surface area contributed by atoms with Gasteiger partial charge in [0, 0.05) is 11.8 Å². The normalized spacial score (nSPS) is 28.5. The predicted octanol–water partition coefficient (Wildman–Crippen LogP) is 2.48. The Morgan fingerprint density at radius 1 is 1.69 bits per heavy atom. The summed E-state index contributed by atoms with van der Waals surface area (Å²) in [4.78, 5) is 4.34. The van der Waals surface area contributed by atoms with E-state index >= 15 is 0 Å². The van der Waals surface area contributed by atoms with Crippen molar-refractivity contribution in [1.82, 2.24) is 10.1 Å². The van der Waals surface area contributed by atoms with Crippen LogP contribution in [-0.2, 0) is 0 Å². The molecule has 1 heterocycles. The van der Waals surface area contributed by atoms with Crippen LogP contribution in [0.1, 0.15) is 43.8 Å². The predicted molar refractivity (Wildman–Crippen MR) is 49.4 cm³/mol. The highest BCUT2D eigenvalue weighted by Gasteiger charge is 2.39. The topological polar surface area (TPSA) is 38.9 Å². The molecule has 0 aliphatic heterocycles. The molecule has 2 rings (SSSR count). The fourth-order valence-electron chi connectivity index (χ4n) is 1.35. The lowest BCUT2D eigenvalue weighted by Crippen LogP contribution is -1.91. The second-order valence-corrected chi connectivity index (χ2v) is 3.83. The Kier molecular flexibility index (Phi) is 1.94. The average Bonchev–Trinajstić information content (AvgIpc) is 2.70. The molecule has 1 aliphatic rings. The number of hydrogen-bond acceptors (Lipinski definition) is 3. The molecule has 0 radical (unpaired) electrons. The van der Waals surface area contributed by atoms with E-state index in [-0.39, 0.29) is 5.92 Å². The minimum atomic E-state index is 0.187. The maximum absolute atomic E-state index is 5.17. The van der Waals surface area contributed by atoms with E-state index in [0.29, 0.717) is 11.8 Å². The zero-order chi connectivity index (χ0) is 9.42. The number of hydrogen-bond donors (Lipinski definition) is 0. The smallest absolute Gasteiger partial charge is 0.230 e. The summed E-state index contributed by atoms with van der Waals surface area (Å²) in [5.74, 6) is 2.97. The molecular formula is C10H14N2O. The molecule has 1 aromatic rings. The van der Waals surface area contributed by atoms with Crippen LogP contribution in [0.4, 0.5) is 0 Å². The highest BCUT2D eigenvalue weighted by atomic mass is 16.5. The van der Waals surface area contributed by atoms with E-state index in [1.807, 2.05) is 13.0 Å². The molecule has 0 saturated heterocycles. The maximum Gasteiger partial charge on any atom is 0.230 e. The van der Waals surface area contributed by atoms with E-state index < -0.39 is 0 Å². The Hall–Kier alpha value is -1.12. The molecule has 1 unspecified atom stereocenters. The Morgan fingerprint density at radius 2 is 2.38 bits per heavy atom. The van der Waals surface area contributed by atoms with Crippen molar-refractivity contribution in [1.29, 1.82) is 0 Å². The molecule has 3 nitrogen and oxygen atoms in total. The third-order valence-electron chi connectivity index (χ3n) is 2.64. The zero-order valence-electron chi connectivity index (χ0n) is 8.03. The second-order valence-electron chi connectivity index (χ2n) is 3.83. The van der Waals surface area contributed by atoms with Crippen LogP contribution in [0.15, 0.2) is 17.2 Å². The van der Waals surface area contributed by atoms with Crippen molar-refractivity contribution in [3.63, 3.8) is 0 Å². The van der Waals surface area contributed by atoms with E-state index in [0.717, 1.165) is 11.7 Å². The first-order valence-corrected chi connectivity index (χ1v) is 4.68. The summed E-state index contributed by atoms with van der Waals surface area (Å²) >= 11 is 0. The summed E-state index contributed by atoms with van der Waals surface area (Å²) in [6.45, 7) is 7.91. The van der Waals surface area contributed by atoms with Gasteiger partial charge in [-0.1, -0.05) is 25.1 Å². The van der Waals surface area contributed by atoms with Crippen LogP contribution in [0.2, 0.25) is 0 Å². The summed E-state index contributed by atoms with van der Waals surface area (Å²) in [7, 11) is 0. The number of rotatable bonds is 3. The largest absolute Gasteiger partial charge is 0.339 e. The van der Waals surface area contributed by atoms with Crippen LogP contribution in [0.5, 0.6) is 0 Å². The van der Waals surface area contributed by atoms with E-state index in [1.165, 1.54) is 6.42 Å². The van der Waals surface area contributed by atoms with Crippen molar-refractivity contribution in [3.05, 3.63) is 24.4 Å². The van der Waals surface area contributed by atoms with Crippen LogP contribution in [0.25, 0.3) is 0 Å². The Morgan fingerprint density at radius 3 is 2.92 bits per heavy atom. The first-order valence-electron chi connectivity index (χ1n) is 4.68. The molecule has 0 bridgehead atoms. The van der Waals surface area contributed by atoms with E-state index in [9.17, 15) is 0 Å². The maximum atomic E-state index is 5.17. The second kappa shape index (κ2) is 2.98.